The zero-order valence-corrected chi connectivity index (χ0v) is 40.8. The van der Waals surface area contributed by atoms with Crippen LogP contribution >= 0.6 is 0 Å². The minimum Gasteiger partial charge on any atom is -0.309 e. The van der Waals surface area contributed by atoms with Crippen LogP contribution in [0.15, 0.2) is 236 Å². The van der Waals surface area contributed by atoms with Gasteiger partial charge in [0.15, 0.2) is 0 Å². The molecule has 2 atom stereocenters. The first kappa shape index (κ1) is 42.5. The smallest absolute Gasteiger partial charge is 0.0665 e. The van der Waals surface area contributed by atoms with Crippen LogP contribution in [0, 0.1) is 0 Å². The van der Waals surface area contributed by atoms with Crippen molar-refractivity contribution in [3.8, 4) is 50.2 Å². The van der Waals surface area contributed by atoms with Gasteiger partial charge >= 0.3 is 0 Å². The maximum absolute atomic E-state index is 5.56. The van der Waals surface area contributed by atoms with E-state index >= 15 is 0 Å². The molecule has 2 unspecified atom stereocenters. The van der Waals surface area contributed by atoms with Crippen LogP contribution in [0.5, 0.6) is 0 Å². The molecule has 2 aliphatic carbocycles. The lowest BCUT2D eigenvalue weighted by Gasteiger charge is -2.29. The first-order chi connectivity index (χ1) is 35.4. The van der Waals surface area contributed by atoms with E-state index in [2.05, 4.69) is 249 Å². The van der Waals surface area contributed by atoms with Crippen molar-refractivity contribution >= 4 is 33.2 Å². The fourth-order valence-electron chi connectivity index (χ4n) is 12.9. The summed E-state index contributed by atoms with van der Waals surface area (Å²) in [6, 6.07) is 86.4. The summed E-state index contributed by atoms with van der Waals surface area (Å²) in [5.41, 5.74) is 26.8. The molecular formula is C70H54N2. The molecule has 0 N–H and O–H groups in total. The highest BCUT2D eigenvalue weighted by Gasteiger charge is 2.40. The molecule has 0 spiro atoms. The van der Waals surface area contributed by atoms with Crippen LogP contribution in [-0.4, -0.2) is 10.3 Å². The van der Waals surface area contributed by atoms with Gasteiger partial charge in [-0.25, -0.2) is 0 Å². The van der Waals surface area contributed by atoms with Gasteiger partial charge in [-0.1, -0.05) is 184 Å². The number of benzene rings is 10. The van der Waals surface area contributed by atoms with Crippen LogP contribution in [0.3, 0.4) is 0 Å². The second-order valence-electron chi connectivity index (χ2n) is 20.9. The molecule has 14 rings (SSSR count). The molecule has 72 heavy (non-hydrogen) atoms. The molecule has 1 aliphatic heterocycles. The van der Waals surface area contributed by atoms with E-state index in [1.165, 1.54) is 117 Å². The second-order valence-corrected chi connectivity index (χ2v) is 20.9. The number of hydrogen-bond donors (Lipinski definition) is 0. The van der Waals surface area contributed by atoms with E-state index in [1.54, 1.807) is 0 Å². The molecule has 2 heteroatoms. The molecule has 2 nitrogen and oxygen atoms in total. The van der Waals surface area contributed by atoms with Crippen molar-refractivity contribution in [3.05, 3.63) is 275 Å². The molecule has 0 radical (unpaired) electrons. The molecule has 10 aromatic carbocycles. The zero-order valence-electron chi connectivity index (χ0n) is 40.8. The number of aliphatic imine (C=N–C) groups is 1. The summed E-state index contributed by atoms with van der Waals surface area (Å²) in [6.45, 7) is 4.90. The van der Waals surface area contributed by atoms with Gasteiger partial charge in [0.2, 0.25) is 0 Å². The number of hydrogen-bond acceptors (Lipinski definition) is 1. The Morgan fingerprint density at radius 3 is 1.94 bits per heavy atom. The molecule has 3 aliphatic rings. The quantitative estimate of drug-likeness (QED) is 0.158. The van der Waals surface area contributed by atoms with E-state index < -0.39 is 0 Å². The summed E-state index contributed by atoms with van der Waals surface area (Å²) < 4.78 is 2.40. The zero-order chi connectivity index (χ0) is 47.9. The summed E-state index contributed by atoms with van der Waals surface area (Å²) in [4.78, 5) is 5.56. The van der Waals surface area contributed by atoms with Crippen molar-refractivity contribution in [3.63, 3.8) is 0 Å². The summed E-state index contributed by atoms with van der Waals surface area (Å²) in [5.74, 6) is 0.524. The van der Waals surface area contributed by atoms with E-state index in [-0.39, 0.29) is 11.3 Å². The third kappa shape index (κ3) is 6.95. The number of aryl methyl sites for hydroxylation is 1. The normalized spacial score (nSPS) is 16.4. The number of fused-ring (bicyclic) bond motifs is 10. The Hall–Kier alpha value is -8.33. The number of rotatable bonds is 6. The largest absolute Gasteiger partial charge is 0.309 e. The Kier molecular flexibility index (Phi) is 10.00. The fourth-order valence-corrected chi connectivity index (χ4v) is 12.9. The second kappa shape index (κ2) is 16.9. The highest BCUT2D eigenvalue weighted by atomic mass is 15.0. The number of para-hydroxylation sites is 3. The fraction of sp³-hybridized carbons (Fsp3) is 0.129. The molecule has 0 saturated carbocycles. The Morgan fingerprint density at radius 2 is 1.10 bits per heavy atom. The number of nitrogens with zero attached hydrogens (tertiary/aromatic N) is 2. The Morgan fingerprint density at radius 1 is 0.444 bits per heavy atom. The van der Waals surface area contributed by atoms with Gasteiger partial charge in [0.25, 0.3) is 0 Å². The first-order valence-electron chi connectivity index (χ1n) is 25.9. The van der Waals surface area contributed by atoms with Gasteiger partial charge in [0.05, 0.1) is 22.4 Å². The maximum Gasteiger partial charge on any atom is 0.0665 e. The van der Waals surface area contributed by atoms with E-state index in [0.717, 1.165) is 37.1 Å². The molecule has 0 fully saturated rings. The van der Waals surface area contributed by atoms with Crippen molar-refractivity contribution in [2.45, 2.75) is 56.8 Å². The molecular weight excluding hydrogens is 869 g/mol. The van der Waals surface area contributed by atoms with Gasteiger partial charge < -0.3 is 4.57 Å². The lowest BCUT2D eigenvalue weighted by Crippen LogP contribution is -2.21. The Balaban J connectivity index is 0.938. The van der Waals surface area contributed by atoms with E-state index in [1.807, 2.05) is 0 Å². The van der Waals surface area contributed by atoms with Gasteiger partial charge in [0.1, 0.15) is 0 Å². The third-order valence-electron chi connectivity index (χ3n) is 16.5. The van der Waals surface area contributed by atoms with Gasteiger partial charge in [-0.3, -0.25) is 4.99 Å². The molecule has 1 aromatic heterocycles. The van der Waals surface area contributed by atoms with Crippen LogP contribution < -0.4 is 0 Å². The Labute approximate surface area is 422 Å². The average Bonchev–Trinajstić information content (AvgIpc) is 3.88. The summed E-state index contributed by atoms with van der Waals surface area (Å²) in [5, 5.41) is 2.53. The Bertz CT molecular complexity index is 3950. The van der Waals surface area contributed by atoms with Crippen LogP contribution in [-0.2, 0) is 24.7 Å². The molecule has 0 saturated heterocycles. The lowest BCUT2D eigenvalue weighted by molar-refractivity contribution is 0.618. The molecule has 2 heterocycles. The third-order valence-corrected chi connectivity index (χ3v) is 16.5. The van der Waals surface area contributed by atoms with Crippen molar-refractivity contribution in [2.75, 3.05) is 0 Å². The minimum absolute atomic E-state index is 0.0433. The topological polar surface area (TPSA) is 17.3 Å². The highest BCUT2D eigenvalue weighted by molar-refractivity contribution is 6.11. The lowest BCUT2D eigenvalue weighted by atomic mass is 9.76. The van der Waals surface area contributed by atoms with Crippen molar-refractivity contribution in [2.24, 2.45) is 4.99 Å². The van der Waals surface area contributed by atoms with Crippen LogP contribution in [0.4, 0.5) is 5.69 Å². The summed E-state index contributed by atoms with van der Waals surface area (Å²) in [6.07, 6.45) is 4.09. The minimum atomic E-state index is -0.280. The van der Waals surface area contributed by atoms with Gasteiger partial charge in [-0.05, 0) is 181 Å². The van der Waals surface area contributed by atoms with Crippen LogP contribution in [0.2, 0.25) is 0 Å². The standard InChI is InChI=1S/C70H54N2/c1-70(2)63-43-51(49-35-37-67-60(40-49)57-27-15-17-29-66(57)72(67)55-24-10-5-11-25-55)34-36-58(63)68-61(62-41-53-23-13-16-28-65(53)71-69(62)47-20-8-4-9-21-47)42-54(44-64(68)70)50-33-31-46-30-32-48(45-18-6-3-7-19-45)38-52-22-12-14-26-56(52)59(46)39-50/h3-29,31,33-37,39-40,42-44,48,62H,30,32,38,41H2,1-2H3. The summed E-state index contributed by atoms with van der Waals surface area (Å²) in [7, 11) is 0. The van der Waals surface area contributed by atoms with E-state index in [0.29, 0.717) is 5.92 Å². The predicted octanol–water partition coefficient (Wildman–Crippen LogP) is 17.8. The van der Waals surface area contributed by atoms with Gasteiger partial charge in [0, 0.05) is 27.8 Å². The van der Waals surface area contributed by atoms with Crippen LogP contribution in [0.25, 0.3) is 72.0 Å². The monoisotopic (exact) mass is 922 g/mol. The number of aromatic nitrogens is 1. The van der Waals surface area contributed by atoms with E-state index in [9.17, 15) is 0 Å². The SMILES string of the molecule is CC1(C)c2cc(-c3ccc4c(c3)c3ccccc3n4-c3ccccc3)ccc2-c2c(C3Cc4ccccc4N=C3c3ccccc3)cc(-c3ccc4c(c3)-c3ccccc3CC(c3ccccc3)CC4)cc21. The first-order valence-corrected chi connectivity index (χ1v) is 25.9. The molecule has 11 aromatic rings. The maximum atomic E-state index is 5.56. The van der Waals surface area contributed by atoms with Gasteiger partial charge in [-0.15, -0.1) is 0 Å². The van der Waals surface area contributed by atoms with Crippen molar-refractivity contribution < 1.29 is 0 Å². The van der Waals surface area contributed by atoms with Crippen molar-refractivity contribution in [1.82, 2.24) is 4.57 Å². The van der Waals surface area contributed by atoms with E-state index in [4.69, 9.17) is 4.99 Å². The van der Waals surface area contributed by atoms with Gasteiger partial charge in [-0.2, -0.15) is 0 Å². The molecule has 344 valence electrons. The van der Waals surface area contributed by atoms with Crippen LogP contribution in [0.1, 0.15) is 76.6 Å². The highest BCUT2D eigenvalue weighted by Crippen LogP contribution is 2.55. The molecule has 0 amide bonds. The van der Waals surface area contributed by atoms with Crippen molar-refractivity contribution in [1.29, 1.82) is 0 Å². The average molecular weight is 923 g/mol. The molecule has 0 bridgehead atoms. The summed E-state index contributed by atoms with van der Waals surface area (Å²) >= 11 is 0. The predicted molar refractivity (Wildman–Crippen MR) is 301 cm³/mol.